The average Bonchev–Trinajstić information content (AvgIpc) is 2.91. The highest BCUT2D eigenvalue weighted by Gasteiger charge is 2.14. The van der Waals surface area contributed by atoms with Crippen LogP contribution in [0.2, 0.25) is 0 Å². The summed E-state index contributed by atoms with van der Waals surface area (Å²) in [5, 5.41) is 13.3. The maximum absolute atomic E-state index is 10.1. The number of hydrogen-bond acceptors (Lipinski definition) is 5. The monoisotopic (exact) mass is 475 g/mol. The number of nitrogens with one attached hydrogen (secondary N) is 1. The maximum Gasteiger partial charge on any atom is 0.188 e. The molecular formula is C30H37NO4. The number of rotatable bonds is 14. The number of methoxy groups -OCH3 is 1. The van der Waals surface area contributed by atoms with Crippen molar-refractivity contribution in [2.24, 2.45) is 0 Å². The first-order valence-corrected chi connectivity index (χ1v) is 12.3. The van der Waals surface area contributed by atoms with Gasteiger partial charge in [-0.2, -0.15) is 0 Å². The molecule has 186 valence electrons. The van der Waals surface area contributed by atoms with Crippen LogP contribution in [0.4, 0.5) is 0 Å². The topological polar surface area (TPSA) is 60.0 Å². The fourth-order valence-corrected chi connectivity index (χ4v) is 3.94. The first-order valence-electron chi connectivity index (χ1n) is 12.3. The molecule has 3 aromatic carbocycles. The van der Waals surface area contributed by atoms with Gasteiger partial charge in [0, 0.05) is 13.7 Å². The van der Waals surface area contributed by atoms with Crippen LogP contribution in [-0.4, -0.2) is 44.8 Å². The van der Waals surface area contributed by atoms with Crippen molar-refractivity contribution in [1.82, 2.24) is 5.32 Å². The van der Waals surface area contributed by atoms with Crippen molar-refractivity contribution >= 4 is 11.1 Å². The largest absolute Gasteiger partial charge is 0.491 e. The Balaban J connectivity index is 1.88. The lowest BCUT2D eigenvalue weighted by atomic mass is 9.88. The third-order valence-electron chi connectivity index (χ3n) is 5.66. The molecule has 5 nitrogen and oxygen atoms in total. The van der Waals surface area contributed by atoms with Gasteiger partial charge in [0.25, 0.3) is 0 Å². The zero-order chi connectivity index (χ0) is 24.9. The van der Waals surface area contributed by atoms with Gasteiger partial charge in [0.15, 0.2) is 6.79 Å². The number of ether oxygens (including phenoxy) is 3. The van der Waals surface area contributed by atoms with Gasteiger partial charge in [0.2, 0.25) is 0 Å². The second kappa shape index (κ2) is 14.3. The number of allylic oxidation sites excluding steroid dienone is 1. The third-order valence-corrected chi connectivity index (χ3v) is 5.66. The van der Waals surface area contributed by atoms with Crippen LogP contribution in [0.1, 0.15) is 43.4 Å². The van der Waals surface area contributed by atoms with E-state index in [9.17, 15) is 5.11 Å². The standard InChI is InChI=1S/C30H37NO4/c1-4-19-31-20-26(32)21-34-27-15-11-24(12-16-27)30(29(5-2)23-9-7-6-8-10-23)25-13-17-28(18-14-25)35-22-33-3/h6-18,26,31-32H,4-5,19-22H2,1-3H3. The Labute approximate surface area is 209 Å². The summed E-state index contributed by atoms with van der Waals surface area (Å²) in [5.41, 5.74) is 5.86. The molecule has 0 bridgehead atoms. The van der Waals surface area contributed by atoms with Gasteiger partial charge >= 0.3 is 0 Å². The Hall–Kier alpha value is -3.12. The van der Waals surface area contributed by atoms with Crippen molar-refractivity contribution in [1.29, 1.82) is 0 Å². The normalized spacial score (nSPS) is 12.7. The first-order chi connectivity index (χ1) is 17.2. The molecule has 2 N–H and O–H groups in total. The molecule has 3 rings (SSSR count). The highest BCUT2D eigenvalue weighted by Crippen LogP contribution is 2.35. The highest BCUT2D eigenvalue weighted by atomic mass is 16.7. The third kappa shape index (κ3) is 7.96. The summed E-state index contributed by atoms with van der Waals surface area (Å²) in [7, 11) is 1.61. The minimum atomic E-state index is -0.541. The zero-order valence-electron chi connectivity index (χ0n) is 21.0. The molecule has 0 spiro atoms. The molecule has 3 aromatic rings. The molecule has 0 aromatic heterocycles. The van der Waals surface area contributed by atoms with E-state index in [1.165, 1.54) is 16.7 Å². The van der Waals surface area contributed by atoms with Crippen LogP contribution in [0.3, 0.4) is 0 Å². The minimum Gasteiger partial charge on any atom is -0.491 e. The van der Waals surface area contributed by atoms with Gasteiger partial charge in [-0.3, -0.25) is 0 Å². The summed E-state index contributed by atoms with van der Waals surface area (Å²) in [4.78, 5) is 0. The Morgan fingerprint density at radius 1 is 0.800 bits per heavy atom. The summed E-state index contributed by atoms with van der Waals surface area (Å²) < 4.78 is 16.4. The van der Waals surface area contributed by atoms with Gasteiger partial charge in [0.05, 0.1) is 0 Å². The van der Waals surface area contributed by atoms with E-state index in [0.29, 0.717) is 6.54 Å². The van der Waals surface area contributed by atoms with Crippen molar-refractivity contribution in [3.8, 4) is 11.5 Å². The molecule has 1 atom stereocenters. The zero-order valence-corrected chi connectivity index (χ0v) is 21.0. The predicted octanol–water partition coefficient (Wildman–Crippen LogP) is 5.78. The van der Waals surface area contributed by atoms with Gasteiger partial charge in [-0.1, -0.05) is 68.4 Å². The summed E-state index contributed by atoms with van der Waals surface area (Å²) in [6, 6.07) is 26.7. The number of hydrogen-bond donors (Lipinski definition) is 2. The van der Waals surface area contributed by atoms with Crippen LogP contribution in [0.15, 0.2) is 78.9 Å². The van der Waals surface area contributed by atoms with E-state index >= 15 is 0 Å². The summed E-state index contributed by atoms with van der Waals surface area (Å²) in [6.45, 7) is 6.18. The first kappa shape index (κ1) is 26.5. The van der Waals surface area contributed by atoms with Crippen LogP contribution in [0.25, 0.3) is 11.1 Å². The SMILES string of the molecule is CCCNCC(O)COc1ccc(C(=C(CC)c2ccccc2)c2ccc(OCOC)cc2)cc1. The summed E-state index contributed by atoms with van der Waals surface area (Å²) in [5.74, 6) is 1.51. The van der Waals surface area contributed by atoms with E-state index in [2.05, 4.69) is 67.7 Å². The molecule has 0 aliphatic heterocycles. The van der Waals surface area contributed by atoms with Crippen molar-refractivity contribution < 1.29 is 19.3 Å². The minimum absolute atomic E-state index is 0.219. The molecule has 0 saturated heterocycles. The molecule has 0 aliphatic carbocycles. The fraction of sp³-hybridized carbons (Fsp3) is 0.333. The lowest BCUT2D eigenvalue weighted by Gasteiger charge is -2.18. The van der Waals surface area contributed by atoms with Gasteiger partial charge < -0.3 is 24.6 Å². The van der Waals surface area contributed by atoms with E-state index in [-0.39, 0.29) is 13.4 Å². The van der Waals surface area contributed by atoms with E-state index in [1.54, 1.807) is 7.11 Å². The van der Waals surface area contributed by atoms with Crippen LogP contribution >= 0.6 is 0 Å². The van der Waals surface area contributed by atoms with Gasteiger partial charge in [-0.25, -0.2) is 0 Å². The molecule has 0 fully saturated rings. The maximum atomic E-state index is 10.1. The summed E-state index contributed by atoms with van der Waals surface area (Å²) in [6.07, 6.45) is 1.38. The second-order valence-electron chi connectivity index (χ2n) is 8.34. The molecule has 5 heteroatoms. The van der Waals surface area contributed by atoms with E-state index in [0.717, 1.165) is 42.0 Å². The second-order valence-corrected chi connectivity index (χ2v) is 8.34. The lowest BCUT2D eigenvalue weighted by Crippen LogP contribution is -2.31. The lowest BCUT2D eigenvalue weighted by molar-refractivity contribution is 0.0511. The van der Waals surface area contributed by atoms with E-state index < -0.39 is 6.10 Å². The van der Waals surface area contributed by atoms with Gasteiger partial charge in [-0.15, -0.1) is 0 Å². The smallest absolute Gasteiger partial charge is 0.188 e. The number of benzene rings is 3. The van der Waals surface area contributed by atoms with Crippen LogP contribution in [-0.2, 0) is 4.74 Å². The quantitative estimate of drug-likeness (QED) is 0.176. The molecule has 0 saturated carbocycles. The molecule has 0 aliphatic rings. The van der Waals surface area contributed by atoms with Crippen molar-refractivity contribution in [3.05, 3.63) is 95.6 Å². The van der Waals surface area contributed by atoms with Crippen molar-refractivity contribution in [2.45, 2.75) is 32.8 Å². The van der Waals surface area contributed by atoms with Gasteiger partial charge in [0.1, 0.15) is 24.2 Å². The molecule has 0 amide bonds. The fourth-order valence-electron chi connectivity index (χ4n) is 3.94. The molecule has 0 heterocycles. The summed E-state index contributed by atoms with van der Waals surface area (Å²) >= 11 is 0. The van der Waals surface area contributed by atoms with E-state index in [1.807, 2.05) is 30.3 Å². The van der Waals surface area contributed by atoms with Crippen molar-refractivity contribution in [2.75, 3.05) is 33.6 Å². The van der Waals surface area contributed by atoms with Crippen LogP contribution < -0.4 is 14.8 Å². The Kier molecular flexibility index (Phi) is 10.8. The Morgan fingerprint density at radius 3 is 1.94 bits per heavy atom. The van der Waals surface area contributed by atoms with Crippen LogP contribution in [0, 0.1) is 0 Å². The van der Waals surface area contributed by atoms with Gasteiger partial charge in [-0.05, 0) is 71.5 Å². The number of aliphatic hydroxyl groups excluding tert-OH is 1. The predicted molar refractivity (Wildman–Crippen MR) is 143 cm³/mol. The average molecular weight is 476 g/mol. The highest BCUT2D eigenvalue weighted by molar-refractivity contribution is 5.98. The van der Waals surface area contributed by atoms with Crippen molar-refractivity contribution in [3.63, 3.8) is 0 Å². The molecule has 35 heavy (non-hydrogen) atoms. The van der Waals surface area contributed by atoms with E-state index in [4.69, 9.17) is 14.2 Å². The number of aliphatic hydroxyl groups is 1. The molecular weight excluding hydrogens is 438 g/mol. The van der Waals surface area contributed by atoms with Crippen LogP contribution in [0.5, 0.6) is 11.5 Å². The molecule has 0 radical (unpaired) electrons. The Bertz CT molecular complexity index is 1030. The molecule has 1 unspecified atom stereocenters. The Morgan fingerprint density at radius 2 is 1.40 bits per heavy atom.